The first-order valence-electron chi connectivity index (χ1n) is 6.23. The lowest BCUT2D eigenvalue weighted by molar-refractivity contribution is 0.630. The Morgan fingerprint density at radius 2 is 2.00 bits per heavy atom. The van der Waals surface area contributed by atoms with E-state index in [9.17, 15) is 4.39 Å². The van der Waals surface area contributed by atoms with Gasteiger partial charge in [0.25, 0.3) is 0 Å². The van der Waals surface area contributed by atoms with E-state index in [0.717, 1.165) is 22.3 Å². The second kappa shape index (κ2) is 3.92. The summed E-state index contributed by atoms with van der Waals surface area (Å²) < 4.78 is 14.1. The summed E-state index contributed by atoms with van der Waals surface area (Å²) in [5.41, 5.74) is 12.3. The molecule has 18 heavy (non-hydrogen) atoms. The quantitative estimate of drug-likeness (QED) is 0.812. The van der Waals surface area contributed by atoms with Crippen molar-refractivity contribution in [3.8, 4) is 11.1 Å². The third kappa shape index (κ3) is 1.42. The fourth-order valence-corrected chi connectivity index (χ4v) is 3.16. The number of hydrogen-bond acceptors (Lipinski definition) is 1. The van der Waals surface area contributed by atoms with Crippen molar-refractivity contribution in [3.63, 3.8) is 0 Å². The maximum atomic E-state index is 14.1. The maximum absolute atomic E-state index is 14.1. The summed E-state index contributed by atoms with van der Waals surface area (Å²) >= 11 is 0. The lowest BCUT2D eigenvalue weighted by atomic mass is 9.92. The van der Waals surface area contributed by atoms with Gasteiger partial charge in [-0.05, 0) is 42.2 Å². The molecule has 0 aromatic heterocycles. The van der Waals surface area contributed by atoms with Crippen molar-refractivity contribution in [1.82, 2.24) is 0 Å². The van der Waals surface area contributed by atoms with Gasteiger partial charge in [0, 0.05) is 18.0 Å². The summed E-state index contributed by atoms with van der Waals surface area (Å²) in [6.07, 6.45) is 0. The molecule has 0 fully saturated rings. The van der Waals surface area contributed by atoms with Crippen LogP contribution in [0.1, 0.15) is 28.2 Å². The highest BCUT2D eigenvalue weighted by molar-refractivity contribution is 5.81. The highest BCUT2D eigenvalue weighted by Crippen LogP contribution is 2.47. The Morgan fingerprint density at radius 1 is 1.22 bits per heavy atom. The van der Waals surface area contributed by atoms with E-state index in [0.29, 0.717) is 6.54 Å². The molecule has 0 saturated carbocycles. The van der Waals surface area contributed by atoms with Crippen molar-refractivity contribution in [2.24, 2.45) is 5.73 Å². The minimum atomic E-state index is -0.144. The van der Waals surface area contributed by atoms with Crippen LogP contribution in [0, 0.1) is 19.7 Å². The van der Waals surface area contributed by atoms with Gasteiger partial charge in [-0.15, -0.1) is 0 Å². The molecule has 1 nitrogen and oxygen atoms in total. The lowest BCUT2D eigenvalue weighted by Crippen LogP contribution is -2.12. The van der Waals surface area contributed by atoms with Crippen molar-refractivity contribution in [3.05, 3.63) is 58.4 Å². The summed E-state index contributed by atoms with van der Waals surface area (Å²) in [7, 11) is 0. The van der Waals surface area contributed by atoms with Gasteiger partial charge in [-0.25, -0.2) is 4.39 Å². The van der Waals surface area contributed by atoms with Crippen molar-refractivity contribution in [1.29, 1.82) is 0 Å². The van der Waals surface area contributed by atoms with Crippen LogP contribution in [0.5, 0.6) is 0 Å². The Bertz CT molecular complexity index is 631. The summed E-state index contributed by atoms with van der Waals surface area (Å²) in [5, 5.41) is 0. The highest BCUT2D eigenvalue weighted by atomic mass is 19.1. The molecule has 1 unspecified atom stereocenters. The first-order valence-corrected chi connectivity index (χ1v) is 6.23. The Balaban J connectivity index is 2.39. The monoisotopic (exact) mass is 241 g/mol. The van der Waals surface area contributed by atoms with E-state index in [1.165, 1.54) is 17.2 Å². The van der Waals surface area contributed by atoms with Gasteiger partial charge in [0.15, 0.2) is 0 Å². The molecule has 2 aromatic rings. The number of fused-ring (bicyclic) bond motifs is 3. The average Bonchev–Trinajstić information content (AvgIpc) is 2.64. The van der Waals surface area contributed by atoms with Crippen LogP contribution in [0.3, 0.4) is 0 Å². The minimum absolute atomic E-state index is 0.131. The van der Waals surface area contributed by atoms with Crippen molar-refractivity contribution in [2.45, 2.75) is 19.8 Å². The molecule has 0 amide bonds. The number of halogens is 1. The van der Waals surface area contributed by atoms with Crippen molar-refractivity contribution < 1.29 is 4.39 Å². The van der Waals surface area contributed by atoms with Gasteiger partial charge < -0.3 is 5.73 Å². The zero-order valence-corrected chi connectivity index (χ0v) is 10.6. The van der Waals surface area contributed by atoms with Gasteiger partial charge in [0.05, 0.1) is 0 Å². The van der Waals surface area contributed by atoms with E-state index < -0.39 is 0 Å². The number of hydrogen-bond donors (Lipinski definition) is 1. The van der Waals surface area contributed by atoms with Gasteiger partial charge in [-0.1, -0.05) is 29.8 Å². The third-order valence-corrected chi connectivity index (χ3v) is 3.81. The van der Waals surface area contributed by atoms with E-state index in [-0.39, 0.29) is 11.7 Å². The topological polar surface area (TPSA) is 26.0 Å². The molecule has 1 aliphatic rings. The van der Waals surface area contributed by atoms with Crippen LogP contribution < -0.4 is 5.73 Å². The molecule has 1 aliphatic carbocycles. The number of benzene rings is 2. The average molecular weight is 241 g/mol. The molecule has 1 atom stereocenters. The first-order chi connectivity index (χ1) is 8.63. The Labute approximate surface area is 106 Å². The second-order valence-corrected chi connectivity index (χ2v) is 5.04. The predicted molar refractivity (Wildman–Crippen MR) is 72.2 cm³/mol. The van der Waals surface area contributed by atoms with Gasteiger partial charge in [0.2, 0.25) is 0 Å². The SMILES string of the molecule is Cc1cc(C)c2c(c1)-c1c(F)cccc1C2CN. The van der Waals surface area contributed by atoms with Crippen LogP contribution >= 0.6 is 0 Å². The molecule has 3 rings (SSSR count). The van der Waals surface area contributed by atoms with Crippen LogP contribution in [-0.4, -0.2) is 6.54 Å². The number of nitrogens with two attached hydrogens (primary N) is 1. The largest absolute Gasteiger partial charge is 0.330 e. The third-order valence-electron chi connectivity index (χ3n) is 3.81. The molecular weight excluding hydrogens is 225 g/mol. The molecule has 0 spiro atoms. The minimum Gasteiger partial charge on any atom is -0.330 e. The van der Waals surface area contributed by atoms with Crippen molar-refractivity contribution in [2.75, 3.05) is 6.54 Å². The zero-order valence-electron chi connectivity index (χ0n) is 10.6. The van der Waals surface area contributed by atoms with E-state index >= 15 is 0 Å². The standard InChI is InChI=1S/C16H16FN/c1-9-6-10(2)15-12(7-9)16-11(13(15)8-18)4-3-5-14(16)17/h3-7,13H,8,18H2,1-2H3. The van der Waals surface area contributed by atoms with Crippen LogP contribution in [0.25, 0.3) is 11.1 Å². The summed E-state index contributed by atoms with van der Waals surface area (Å²) in [4.78, 5) is 0. The lowest BCUT2D eigenvalue weighted by Gasteiger charge is -2.13. The van der Waals surface area contributed by atoms with Gasteiger partial charge in [-0.2, -0.15) is 0 Å². The molecule has 92 valence electrons. The van der Waals surface area contributed by atoms with E-state index in [1.54, 1.807) is 6.07 Å². The highest BCUT2D eigenvalue weighted by Gasteiger charge is 2.31. The Kier molecular flexibility index (Phi) is 2.49. The molecular formula is C16H16FN. The van der Waals surface area contributed by atoms with Crippen LogP contribution in [0.15, 0.2) is 30.3 Å². The molecule has 0 saturated heterocycles. The van der Waals surface area contributed by atoms with E-state index in [2.05, 4.69) is 19.1 Å². The summed E-state index contributed by atoms with van der Waals surface area (Å²) in [6.45, 7) is 4.65. The normalized spacial score (nSPS) is 16.6. The molecule has 0 aliphatic heterocycles. The Morgan fingerprint density at radius 3 is 2.72 bits per heavy atom. The fraction of sp³-hybridized carbons (Fsp3) is 0.250. The van der Waals surface area contributed by atoms with Crippen LogP contribution in [0.4, 0.5) is 4.39 Å². The van der Waals surface area contributed by atoms with E-state index in [1.807, 2.05) is 13.0 Å². The fourth-order valence-electron chi connectivity index (χ4n) is 3.16. The second-order valence-electron chi connectivity index (χ2n) is 5.04. The molecule has 0 heterocycles. The molecule has 2 heteroatoms. The van der Waals surface area contributed by atoms with Crippen LogP contribution in [-0.2, 0) is 0 Å². The first kappa shape index (κ1) is 11.4. The number of aryl methyl sites for hydroxylation is 2. The van der Waals surface area contributed by atoms with E-state index in [4.69, 9.17) is 5.73 Å². The molecule has 0 bridgehead atoms. The van der Waals surface area contributed by atoms with Crippen molar-refractivity contribution >= 4 is 0 Å². The molecule has 0 radical (unpaired) electrons. The Hall–Kier alpha value is -1.67. The smallest absolute Gasteiger partial charge is 0.131 e. The predicted octanol–water partition coefficient (Wildman–Crippen LogP) is 3.51. The maximum Gasteiger partial charge on any atom is 0.131 e. The summed E-state index contributed by atoms with van der Waals surface area (Å²) in [6, 6.07) is 9.50. The molecule has 2 N–H and O–H groups in total. The zero-order chi connectivity index (χ0) is 12.9. The van der Waals surface area contributed by atoms with Gasteiger partial charge in [0.1, 0.15) is 5.82 Å². The van der Waals surface area contributed by atoms with Gasteiger partial charge in [-0.3, -0.25) is 0 Å². The van der Waals surface area contributed by atoms with Gasteiger partial charge >= 0.3 is 0 Å². The number of rotatable bonds is 1. The van der Waals surface area contributed by atoms with Crippen LogP contribution in [0.2, 0.25) is 0 Å². The summed E-state index contributed by atoms with van der Waals surface area (Å²) in [5.74, 6) is -0.0130. The molecule has 2 aromatic carbocycles.